The Morgan fingerprint density at radius 2 is 2.16 bits per heavy atom. The molecule has 1 aromatic heterocycles. The van der Waals surface area contributed by atoms with Crippen molar-refractivity contribution in [1.29, 1.82) is 0 Å². The lowest BCUT2D eigenvalue weighted by atomic mass is 10.2. The van der Waals surface area contributed by atoms with Crippen LogP contribution in [0.1, 0.15) is 30.6 Å². The summed E-state index contributed by atoms with van der Waals surface area (Å²) in [6.07, 6.45) is 2.32. The first-order chi connectivity index (χ1) is 9.08. The Bertz CT molecular complexity index is 451. The van der Waals surface area contributed by atoms with Crippen molar-refractivity contribution < 1.29 is 14.3 Å². The fraction of sp³-hybridized carbons (Fsp3) is 0.462. The van der Waals surface area contributed by atoms with Gasteiger partial charge in [0, 0.05) is 18.3 Å². The number of aromatic nitrogens is 1. The minimum absolute atomic E-state index is 0.0273. The van der Waals surface area contributed by atoms with Crippen LogP contribution in [0.2, 0.25) is 0 Å². The molecular weight excluding hydrogens is 312 g/mol. The van der Waals surface area contributed by atoms with Gasteiger partial charge in [0.15, 0.2) is 0 Å². The number of amides is 1. The van der Waals surface area contributed by atoms with Crippen molar-refractivity contribution in [1.82, 2.24) is 9.88 Å². The van der Waals surface area contributed by atoms with E-state index < -0.39 is 5.97 Å². The third kappa shape index (κ3) is 4.98. The highest BCUT2D eigenvalue weighted by Crippen LogP contribution is 2.11. The van der Waals surface area contributed by atoms with E-state index in [1.54, 1.807) is 25.3 Å². The molecular formula is C13H17BrN2O3. The van der Waals surface area contributed by atoms with Crippen LogP contribution in [0.5, 0.6) is 0 Å². The van der Waals surface area contributed by atoms with Crippen LogP contribution in [0.25, 0.3) is 0 Å². The van der Waals surface area contributed by atoms with E-state index >= 15 is 0 Å². The summed E-state index contributed by atoms with van der Waals surface area (Å²) in [6, 6.07) is 3.26. The summed E-state index contributed by atoms with van der Waals surface area (Å²) in [5, 5.41) is 0. The fourth-order valence-corrected chi connectivity index (χ4v) is 1.97. The quantitative estimate of drug-likeness (QED) is 0.593. The molecule has 1 amide bonds. The number of nitrogens with zero attached hydrogens (tertiary/aromatic N) is 2. The van der Waals surface area contributed by atoms with Gasteiger partial charge in [0.2, 0.25) is 0 Å². The first-order valence-electron chi connectivity index (χ1n) is 6.15. The van der Waals surface area contributed by atoms with Crippen LogP contribution >= 0.6 is 15.9 Å². The first kappa shape index (κ1) is 15.6. The zero-order valence-corrected chi connectivity index (χ0v) is 12.6. The molecule has 0 unspecified atom stereocenters. The van der Waals surface area contributed by atoms with E-state index in [0.29, 0.717) is 23.3 Å². The molecule has 1 heterocycles. The van der Waals surface area contributed by atoms with Gasteiger partial charge in [-0.15, -0.1) is 0 Å². The molecule has 104 valence electrons. The topological polar surface area (TPSA) is 59.5 Å². The number of rotatable bonds is 6. The lowest BCUT2D eigenvalue weighted by Crippen LogP contribution is -2.37. The maximum atomic E-state index is 12.3. The predicted molar refractivity (Wildman–Crippen MR) is 74.8 cm³/mol. The van der Waals surface area contributed by atoms with Gasteiger partial charge in [0.05, 0.1) is 6.61 Å². The Labute approximate surface area is 121 Å². The summed E-state index contributed by atoms with van der Waals surface area (Å²) in [4.78, 5) is 29.2. The maximum absolute atomic E-state index is 12.3. The Hall–Kier alpha value is -1.43. The number of ether oxygens (including phenoxy) is 1. The molecule has 0 aliphatic carbocycles. The van der Waals surface area contributed by atoms with Crippen molar-refractivity contribution in [2.45, 2.75) is 20.3 Å². The van der Waals surface area contributed by atoms with Crippen molar-refractivity contribution in [2.75, 3.05) is 19.7 Å². The van der Waals surface area contributed by atoms with Crippen molar-refractivity contribution in [2.24, 2.45) is 0 Å². The normalized spacial score (nSPS) is 10.1. The molecule has 0 aliphatic heterocycles. The van der Waals surface area contributed by atoms with Crippen LogP contribution < -0.4 is 0 Å². The van der Waals surface area contributed by atoms with Gasteiger partial charge in [-0.2, -0.15) is 0 Å². The van der Waals surface area contributed by atoms with E-state index in [1.165, 1.54) is 4.90 Å². The highest BCUT2D eigenvalue weighted by molar-refractivity contribution is 9.10. The van der Waals surface area contributed by atoms with Gasteiger partial charge in [0.25, 0.3) is 5.91 Å². The van der Waals surface area contributed by atoms with Crippen LogP contribution in [-0.2, 0) is 9.53 Å². The van der Waals surface area contributed by atoms with E-state index in [1.807, 2.05) is 6.92 Å². The molecule has 0 bridgehead atoms. The standard InChI is InChI=1S/C13H17BrN2O3/c1-3-7-16(9-12(17)19-4-2)13(18)10-5-6-15-11(14)8-10/h5-6,8H,3-4,7,9H2,1-2H3. The average Bonchev–Trinajstić information content (AvgIpc) is 2.37. The summed E-state index contributed by atoms with van der Waals surface area (Å²) in [6.45, 7) is 4.49. The van der Waals surface area contributed by atoms with Gasteiger partial charge in [-0.3, -0.25) is 9.59 Å². The van der Waals surface area contributed by atoms with Crippen LogP contribution in [0.3, 0.4) is 0 Å². The molecule has 0 N–H and O–H groups in total. The van der Waals surface area contributed by atoms with Crippen molar-refractivity contribution in [3.63, 3.8) is 0 Å². The zero-order chi connectivity index (χ0) is 14.3. The maximum Gasteiger partial charge on any atom is 0.325 e. The molecule has 0 fully saturated rings. The first-order valence-corrected chi connectivity index (χ1v) is 6.94. The largest absolute Gasteiger partial charge is 0.465 e. The van der Waals surface area contributed by atoms with Gasteiger partial charge in [-0.05, 0) is 41.4 Å². The Balaban J connectivity index is 2.80. The third-order valence-corrected chi connectivity index (χ3v) is 2.81. The number of halogens is 1. The van der Waals surface area contributed by atoms with Crippen molar-refractivity contribution in [3.8, 4) is 0 Å². The number of carbonyl (C=O) groups is 2. The highest BCUT2D eigenvalue weighted by Gasteiger charge is 2.19. The van der Waals surface area contributed by atoms with E-state index in [4.69, 9.17) is 4.74 Å². The molecule has 0 atom stereocenters. The minimum Gasteiger partial charge on any atom is -0.465 e. The second kappa shape index (κ2) is 7.89. The molecule has 6 heteroatoms. The zero-order valence-electron chi connectivity index (χ0n) is 11.1. The average molecular weight is 329 g/mol. The number of hydrogen-bond acceptors (Lipinski definition) is 4. The monoisotopic (exact) mass is 328 g/mol. The van der Waals surface area contributed by atoms with E-state index in [9.17, 15) is 9.59 Å². The molecule has 0 radical (unpaired) electrons. The minimum atomic E-state index is -0.391. The molecule has 0 saturated heterocycles. The molecule has 1 aromatic rings. The predicted octanol–water partition coefficient (Wildman–Crippen LogP) is 2.26. The summed E-state index contributed by atoms with van der Waals surface area (Å²) in [5.41, 5.74) is 0.500. The van der Waals surface area contributed by atoms with E-state index in [-0.39, 0.29) is 12.5 Å². The third-order valence-electron chi connectivity index (χ3n) is 2.38. The van der Waals surface area contributed by atoms with Crippen LogP contribution in [0.4, 0.5) is 0 Å². The fourth-order valence-electron chi connectivity index (χ4n) is 1.60. The summed E-state index contributed by atoms with van der Waals surface area (Å²) >= 11 is 3.22. The number of carbonyl (C=O) groups excluding carboxylic acids is 2. The lowest BCUT2D eigenvalue weighted by Gasteiger charge is -2.21. The van der Waals surface area contributed by atoms with Gasteiger partial charge < -0.3 is 9.64 Å². The Morgan fingerprint density at radius 3 is 2.74 bits per heavy atom. The molecule has 0 spiro atoms. The molecule has 0 saturated carbocycles. The molecule has 1 rings (SSSR count). The van der Waals surface area contributed by atoms with Crippen molar-refractivity contribution in [3.05, 3.63) is 28.5 Å². The van der Waals surface area contributed by atoms with Crippen LogP contribution in [0.15, 0.2) is 22.9 Å². The van der Waals surface area contributed by atoms with Gasteiger partial charge in [-0.1, -0.05) is 6.92 Å². The van der Waals surface area contributed by atoms with Crippen LogP contribution in [0, 0.1) is 0 Å². The second-order valence-electron chi connectivity index (χ2n) is 3.90. The Kier molecular flexibility index (Phi) is 6.49. The molecule has 5 nitrogen and oxygen atoms in total. The molecule has 0 aromatic carbocycles. The Morgan fingerprint density at radius 1 is 1.42 bits per heavy atom. The lowest BCUT2D eigenvalue weighted by molar-refractivity contribution is -0.143. The summed E-state index contributed by atoms with van der Waals surface area (Å²) in [7, 11) is 0. The van der Waals surface area contributed by atoms with E-state index in [0.717, 1.165) is 6.42 Å². The number of esters is 1. The smallest absolute Gasteiger partial charge is 0.325 e. The molecule has 19 heavy (non-hydrogen) atoms. The van der Waals surface area contributed by atoms with Gasteiger partial charge in [-0.25, -0.2) is 4.98 Å². The highest BCUT2D eigenvalue weighted by atomic mass is 79.9. The molecule has 0 aliphatic rings. The number of hydrogen-bond donors (Lipinski definition) is 0. The summed E-state index contributed by atoms with van der Waals surface area (Å²) in [5.74, 6) is -0.588. The van der Waals surface area contributed by atoms with E-state index in [2.05, 4.69) is 20.9 Å². The SMILES string of the molecule is CCCN(CC(=O)OCC)C(=O)c1ccnc(Br)c1. The van der Waals surface area contributed by atoms with Gasteiger partial charge >= 0.3 is 5.97 Å². The van der Waals surface area contributed by atoms with Crippen molar-refractivity contribution >= 4 is 27.8 Å². The van der Waals surface area contributed by atoms with Crippen LogP contribution in [-0.4, -0.2) is 41.5 Å². The summed E-state index contributed by atoms with van der Waals surface area (Å²) < 4.78 is 5.46. The second-order valence-corrected chi connectivity index (χ2v) is 4.71. The van der Waals surface area contributed by atoms with Gasteiger partial charge in [0.1, 0.15) is 11.1 Å². The number of pyridine rings is 1.